The van der Waals surface area contributed by atoms with E-state index in [0.717, 1.165) is 35.4 Å². The minimum absolute atomic E-state index is 0.0463. The number of benzene rings is 2. The van der Waals surface area contributed by atoms with Crippen LogP contribution in [-0.4, -0.2) is 32.9 Å². The highest BCUT2D eigenvalue weighted by Crippen LogP contribution is 2.30. The van der Waals surface area contributed by atoms with Gasteiger partial charge in [0.2, 0.25) is 11.1 Å². The predicted molar refractivity (Wildman–Crippen MR) is 131 cm³/mol. The number of carbonyl (C=O) groups is 1. The smallest absolute Gasteiger partial charge is 0.230 e. The Balaban J connectivity index is 1.53. The highest BCUT2D eigenvalue weighted by atomic mass is 32.2. The molecule has 0 radical (unpaired) electrons. The quantitative estimate of drug-likeness (QED) is 0.385. The summed E-state index contributed by atoms with van der Waals surface area (Å²) in [6.07, 6.45) is 7.11. The number of rotatable bonds is 6. The molecule has 0 spiro atoms. The van der Waals surface area contributed by atoms with Crippen molar-refractivity contribution in [3.8, 4) is 22.5 Å². The summed E-state index contributed by atoms with van der Waals surface area (Å²) in [5, 5.41) is 12.6. The maximum Gasteiger partial charge on any atom is 0.230 e. The number of hydrogen-bond acceptors (Lipinski definition) is 5. The summed E-state index contributed by atoms with van der Waals surface area (Å²) in [4.78, 5) is 17.3. The second-order valence-corrected chi connectivity index (χ2v) is 9.51. The Kier molecular flexibility index (Phi) is 7.53. The van der Waals surface area contributed by atoms with Crippen molar-refractivity contribution >= 4 is 17.7 Å². The summed E-state index contributed by atoms with van der Waals surface area (Å²) in [5.41, 5.74) is 5.90. The molecule has 1 aliphatic rings. The van der Waals surface area contributed by atoms with Crippen molar-refractivity contribution in [1.82, 2.24) is 20.5 Å². The third-order valence-electron chi connectivity index (χ3n) is 5.87. The lowest BCUT2D eigenvalue weighted by atomic mass is 10.0. The fourth-order valence-corrected chi connectivity index (χ4v) is 4.61. The van der Waals surface area contributed by atoms with Crippen LogP contribution in [-0.2, 0) is 4.79 Å². The van der Waals surface area contributed by atoms with Gasteiger partial charge >= 0.3 is 0 Å². The summed E-state index contributed by atoms with van der Waals surface area (Å²) >= 11 is 1.34. The molecule has 1 heterocycles. The Labute approximate surface area is 194 Å². The van der Waals surface area contributed by atoms with Gasteiger partial charge in [-0.3, -0.25) is 4.79 Å². The zero-order chi connectivity index (χ0) is 22.3. The molecule has 0 saturated heterocycles. The average Bonchev–Trinajstić information content (AvgIpc) is 3.07. The lowest BCUT2D eigenvalue weighted by molar-refractivity contribution is -0.119. The fourth-order valence-electron chi connectivity index (χ4n) is 4.01. The summed E-state index contributed by atoms with van der Waals surface area (Å²) < 4.78 is 0. The van der Waals surface area contributed by atoms with Crippen LogP contribution in [0.3, 0.4) is 0 Å². The Morgan fingerprint density at radius 1 is 0.844 bits per heavy atom. The van der Waals surface area contributed by atoms with Gasteiger partial charge in [-0.2, -0.15) is 0 Å². The molecule has 5 nitrogen and oxygen atoms in total. The summed E-state index contributed by atoms with van der Waals surface area (Å²) in [6.45, 7) is 4.13. The van der Waals surface area contributed by atoms with Crippen LogP contribution in [0, 0.1) is 13.8 Å². The molecule has 32 heavy (non-hydrogen) atoms. The van der Waals surface area contributed by atoms with E-state index in [0.29, 0.717) is 17.0 Å². The SMILES string of the molecule is Cc1ccc(-c2nnc(SCC(=O)NC3CCCCCC3)nc2-c2ccc(C)cc2)cc1. The predicted octanol–water partition coefficient (Wildman–Crippen LogP) is 5.75. The van der Waals surface area contributed by atoms with Crippen molar-refractivity contribution in [2.45, 2.75) is 63.6 Å². The summed E-state index contributed by atoms with van der Waals surface area (Å²) in [6, 6.07) is 16.8. The van der Waals surface area contributed by atoms with Crippen LogP contribution < -0.4 is 5.32 Å². The molecule has 4 rings (SSSR count). The van der Waals surface area contributed by atoms with Gasteiger partial charge in [0.1, 0.15) is 11.4 Å². The van der Waals surface area contributed by atoms with E-state index in [1.807, 2.05) is 12.1 Å². The van der Waals surface area contributed by atoms with E-state index >= 15 is 0 Å². The molecule has 0 atom stereocenters. The van der Waals surface area contributed by atoms with E-state index in [-0.39, 0.29) is 5.91 Å². The molecule has 1 fully saturated rings. The molecule has 0 bridgehead atoms. The summed E-state index contributed by atoms with van der Waals surface area (Å²) in [5.74, 6) is 0.347. The van der Waals surface area contributed by atoms with Gasteiger partial charge in [0.15, 0.2) is 0 Å². The molecule has 0 unspecified atom stereocenters. The van der Waals surface area contributed by atoms with Gasteiger partial charge in [-0.05, 0) is 26.7 Å². The lowest BCUT2D eigenvalue weighted by Crippen LogP contribution is -2.35. The number of nitrogens with one attached hydrogen (secondary N) is 1. The van der Waals surface area contributed by atoms with E-state index in [2.05, 4.69) is 65.8 Å². The molecule has 1 N–H and O–H groups in total. The number of hydrogen-bond donors (Lipinski definition) is 1. The first-order valence-corrected chi connectivity index (χ1v) is 12.4. The van der Waals surface area contributed by atoms with Crippen molar-refractivity contribution in [3.05, 3.63) is 59.7 Å². The first-order valence-electron chi connectivity index (χ1n) is 11.4. The van der Waals surface area contributed by atoms with Gasteiger partial charge < -0.3 is 5.32 Å². The summed E-state index contributed by atoms with van der Waals surface area (Å²) in [7, 11) is 0. The highest BCUT2D eigenvalue weighted by Gasteiger charge is 2.17. The number of nitrogens with zero attached hydrogens (tertiary/aromatic N) is 3. The zero-order valence-electron chi connectivity index (χ0n) is 18.8. The monoisotopic (exact) mass is 446 g/mol. The standard InChI is InChI=1S/C26H30N4OS/c1-18-9-13-20(14-10-18)24-25(21-15-11-19(2)12-16-21)29-30-26(28-24)32-17-23(31)27-22-7-5-3-4-6-8-22/h9-16,22H,3-8,17H2,1-2H3,(H,27,31). The van der Waals surface area contributed by atoms with E-state index < -0.39 is 0 Å². The number of aromatic nitrogens is 3. The van der Waals surface area contributed by atoms with Gasteiger partial charge in [0, 0.05) is 17.2 Å². The Morgan fingerprint density at radius 3 is 2.00 bits per heavy atom. The van der Waals surface area contributed by atoms with Gasteiger partial charge in [-0.1, -0.05) is 97.1 Å². The third kappa shape index (κ3) is 5.94. The van der Waals surface area contributed by atoms with E-state index in [1.165, 1.54) is 48.6 Å². The first kappa shape index (κ1) is 22.5. The largest absolute Gasteiger partial charge is 0.353 e. The van der Waals surface area contributed by atoms with E-state index in [4.69, 9.17) is 4.98 Å². The molecule has 1 aromatic heterocycles. The van der Waals surface area contributed by atoms with Gasteiger partial charge in [0.05, 0.1) is 5.75 Å². The lowest BCUT2D eigenvalue weighted by Gasteiger charge is -2.16. The van der Waals surface area contributed by atoms with E-state index in [9.17, 15) is 4.79 Å². The van der Waals surface area contributed by atoms with Gasteiger partial charge in [0.25, 0.3) is 0 Å². The van der Waals surface area contributed by atoms with Crippen LogP contribution in [0.1, 0.15) is 49.7 Å². The number of carbonyl (C=O) groups excluding carboxylic acids is 1. The molecule has 2 aromatic carbocycles. The zero-order valence-corrected chi connectivity index (χ0v) is 19.6. The first-order chi connectivity index (χ1) is 15.6. The second-order valence-electron chi connectivity index (χ2n) is 8.57. The fraction of sp³-hybridized carbons (Fsp3) is 0.385. The van der Waals surface area contributed by atoms with Gasteiger partial charge in [-0.25, -0.2) is 4.98 Å². The number of amides is 1. The normalized spacial score (nSPS) is 14.7. The minimum atomic E-state index is 0.0463. The maximum absolute atomic E-state index is 12.5. The average molecular weight is 447 g/mol. The van der Waals surface area contributed by atoms with Crippen molar-refractivity contribution in [1.29, 1.82) is 0 Å². The third-order valence-corrected chi connectivity index (χ3v) is 6.71. The van der Waals surface area contributed by atoms with Crippen molar-refractivity contribution in [3.63, 3.8) is 0 Å². The Morgan fingerprint density at radius 2 is 1.41 bits per heavy atom. The topological polar surface area (TPSA) is 67.8 Å². The number of aryl methyl sites for hydroxylation is 2. The maximum atomic E-state index is 12.5. The molecule has 166 valence electrons. The number of thioether (sulfide) groups is 1. The molecule has 0 aliphatic heterocycles. The molecular weight excluding hydrogens is 416 g/mol. The molecule has 1 aliphatic carbocycles. The Bertz CT molecular complexity index is 1040. The van der Waals surface area contributed by atoms with Gasteiger partial charge in [-0.15, -0.1) is 10.2 Å². The minimum Gasteiger partial charge on any atom is -0.353 e. The van der Waals surface area contributed by atoms with Crippen molar-refractivity contribution in [2.24, 2.45) is 0 Å². The van der Waals surface area contributed by atoms with Crippen LogP contribution in [0.15, 0.2) is 53.7 Å². The van der Waals surface area contributed by atoms with Crippen molar-refractivity contribution < 1.29 is 4.79 Å². The van der Waals surface area contributed by atoms with Crippen molar-refractivity contribution in [2.75, 3.05) is 5.75 Å². The molecule has 3 aromatic rings. The van der Waals surface area contributed by atoms with Crippen LogP contribution in [0.4, 0.5) is 0 Å². The molecule has 1 amide bonds. The van der Waals surface area contributed by atoms with Crippen LogP contribution >= 0.6 is 11.8 Å². The van der Waals surface area contributed by atoms with Crippen LogP contribution in [0.2, 0.25) is 0 Å². The molecule has 1 saturated carbocycles. The molecule has 6 heteroatoms. The Hall–Kier alpha value is -2.73. The van der Waals surface area contributed by atoms with E-state index in [1.54, 1.807) is 0 Å². The van der Waals surface area contributed by atoms with Crippen LogP contribution in [0.25, 0.3) is 22.5 Å². The van der Waals surface area contributed by atoms with Crippen LogP contribution in [0.5, 0.6) is 0 Å². The molecular formula is C26H30N4OS. The second kappa shape index (κ2) is 10.7. The highest BCUT2D eigenvalue weighted by molar-refractivity contribution is 7.99.